The average Bonchev–Trinajstić information content (AvgIpc) is 3.20. The number of hydrogen-bond acceptors (Lipinski definition) is 4. The van der Waals surface area contributed by atoms with Gasteiger partial charge in [0.2, 0.25) is 5.91 Å². The van der Waals surface area contributed by atoms with E-state index < -0.39 is 17.5 Å². The number of carbonyl (C=O) groups excluding carboxylic acids is 2. The summed E-state index contributed by atoms with van der Waals surface area (Å²) in [5.74, 6) is -1.46. The summed E-state index contributed by atoms with van der Waals surface area (Å²) in [4.78, 5) is 25.2. The van der Waals surface area contributed by atoms with Crippen LogP contribution in [0.1, 0.15) is 24.8 Å². The molecule has 0 saturated carbocycles. The molecule has 0 radical (unpaired) electrons. The Morgan fingerprint density at radius 3 is 2.55 bits per heavy atom. The number of halogens is 2. The molecule has 1 fully saturated rings. The summed E-state index contributed by atoms with van der Waals surface area (Å²) in [6.07, 6.45) is 2.82. The minimum absolute atomic E-state index is 0.0271. The first-order chi connectivity index (χ1) is 14.0. The minimum Gasteiger partial charge on any atom is -0.484 e. The van der Waals surface area contributed by atoms with Crippen LogP contribution in [-0.4, -0.2) is 31.5 Å². The van der Waals surface area contributed by atoms with E-state index in [0.717, 1.165) is 36.2 Å². The highest BCUT2D eigenvalue weighted by atomic mass is 19.1. The molecule has 2 aliphatic heterocycles. The molecule has 0 unspecified atom stereocenters. The zero-order valence-electron chi connectivity index (χ0n) is 15.8. The maximum Gasteiger partial charge on any atom is 0.262 e. The van der Waals surface area contributed by atoms with Gasteiger partial charge in [0.15, 0.2) is 18.2 Å². The van der Waals surface area contributed by atoms with Crippen LogP contribution in [0.3, 0.4) is 0 Å². The summed E-state index contributed by atoms with van der Waals surface area (Å²) in [6, 6.07) is 7.39. The molecule has 0 aliphatic carbocycles. The number of aryl methyl sites for hydroxylation is 1. The number of hydrogen-bond donors (Lipinski definition) is 2. The second-order valence-electron chi connectivity index (χ2n) is 7.19. The maximum absolute atomic E-state index is 14.4. The van der Waals surface area contributed by atoms with Gasteiger partial charge in [-0.2, -0.15) is 0 Å². The lowest BCUT2D eigenvalue weighted by atomic mass is 10.0. The van der Waals surface area contributed by atoms with Crippen molar-refractivity contribution >= 4 is 28.9 Å². The predicted molar refractivity (Wildman–Crippen MR) is 105 cm³/mol. The fourth-order valence-electron chi connectivity index (χ4n) is 3.68. The average molecular weight is 401 g/mol. The van der Waals surface area contributed by atoms with E-state index >= 15 is 0 Å². The zero-order valence-corrected chi connectivity index (χ0v) is 15.8. The standard InChI is InChI=1S/C21H21F2N3O3/c22-16-10-14(11-17(23)21(16)26-7-1-2-8-26)24-20(28)12-29-15-4-5-18-13(9-15)3-6-19(27)25-18/h4-5,9-11H,1-3,6-8,12H2,(H,24,28)(H,25,27). The predicted octanol–water partition coefficient (Wildman–Crippen LogP) is 3.47. The van der Waals surface area contributed by atoms with Gasteiger partial charge in [-0.3, -0.25) is 9.59 Å². The molecular formula is C21H21F2N3O3. The fourth-order valence-corrected chi connectivity index (χ4v) is 3.68. The highest BCUT2D eigenvalue weighted by Crippen LogP contribution is 2.30. The monoisotopic (exact) mass is 401 g/mol. The SMILES string of the molecule is O=C(COc1ccc2c(c1)CCC(=O)N2)Nc1cc(F)c(N2CCCC2)c(F)c1. The number of rotatable bonds is 5. The Labute approximate surface area is 166 Å². The normalized spacial score (nSPS) is 15.7. The Bertz CT molecular complexity index is 935. The lowest BCUT2D eigenvalue weighted by Crippen LogP contribution is -2.23. The Kier molecular flexibility index (Phi) is 5.33. The molecule has 0 aromatic heterocycles. The van der Waals surface area contributed by atoms with Crippen molar-refractivity contribution in [2.75, 3.05) is 35.2 Å². The molecule has 2 aromatic carbocycles. The topological polar surface area (TPSA) is 70.7 Å². The third-order valence-electron chi connectivity index (χ3n) is 5.07. The summed E-state index contributed by atoms with van der Waals surface area (Å²) < 4.78 is 34.2. The molecule has 0 bridgehead atoms. The fraction of sp³-hybridized carbons (Fsp3) is 0.333. The van der Waals surface area contributed by atoms with Crippen molar-refractivity contribution in [3.05, 3.63) is 47.5 Å². The molecule has 8 heteroatoms. The van der Waals surface area contributed by atoms with Gasteiger partial charge in [-0.05, 0) is 55.2 Å². The van der Waals surface area contributed by atoms with Crippen LogP contribution >= 0.6 is 0 Å². The van der Waals surface area contributed by atoms with E-state index in [4.69, 9.17) is 4.74 Å². The Hall–Kier alpha value is -3.16. The van der Waals surface area contributed by atoms with E-state index in [9.17, 15) is 18.4 Å². The molecule has 4 rings (SSSR count). The van der Waals surface area contributed by atoms with Crippen molar-refractivity contribution in [2.24, 2.45) is 0 Å². The number of carbonyl (C=O) groups is 2. The molecule has 1 saturated heterocycles. The van der Waals surface area contributed by atoms with Crippen LogP contribution in [0.4, 0.5) is 25.8 Å². The summed E-state index contributed by atoms with van der Waals surface area (Å²) in [6.45, 7) is 0.942. The van der Waals surface area contributed by atoms with Gasteiger partial charge in [0, 0.05) is 30.9 Å². The van der Waals surface area contributed by atoms with Gasteiger partial charge in [-0.1, -0.05) is 0 Å². The van der Waals surface area contributed by atoms with Gasteiger partial charge in [0.05, 0.1) is 0 Å². The van der Waals surface area contributed by atoms with Gasteiger partial charge in [0.25, 0.3) is 5.91 Å². The van der Waals surface area contributed by atoms with Crippen molar-refractivity contribution in [3.63, 3.8) is 0 Å². The van der Waals surface area contributed by atoms with Gasteiger partial charge in [0.1, 0.15) is 11.4 Å². The number of amides is 2. The Morgan fingerprint density at radius 2 is 1.83 bits per heavy atom. The van der Waals surface area contributed by atoms with Crippen LogP contribution < -0.4 is 20.3 Å². The Morgan fingerprint density at radius 1 is 1.10 bits per heavy atom. The minimum atomic E-state index is -0.695. The quantitative estimate of drug-likeness (QED) is 0.805. The van der Waals surface area contributed by atoms with Gasteiger partial charge in [-0.25, -0.2) is 8.78 Å². The van der Waals surface area contributed by atoms with Crippen molar-refractivity contribution in [3.8, 4) is 5.75 Å². The summed E-state index contributed by atoms with van der Waals surface area (Å²) in [5, 5.41) is 5.23. The summed E-state index contributed by atoms with van der Waals surface area (Å²) in [5.41, 5.74) is 1.67. The number of fused-ring (bicyclic) bond motifs is 1. The molecule has 2 aromatic rings. The van der Waals surface area contributed by atoms with Crippen LogP contribution in [0.15, 0.2) is 30.3 Å². The number of nitrogens with one attached hydrogen (secondary N) is 2. The van der Waals surface area contributed by atoms with Crippen molar-refractivity contribution in [2.45, 2.75) is 25.7 Å². The summed E-state index contributed by atoms with van der Waals surface area (Å²) in [7, 11) is 0. The van der Waals surface area contributed by atoms with E-state index in [1.807, 2.05) is 0 Å². The first-order valence-corrected chi connectivity index (χ1v) is 9.59. The van der Waals surface area contributed by atoms with Crippen LogP contribution in [0.2, 0.25) is 0 Å². The Balaban J connectivity index is 1.37. The maximum atomic E-state index is 14.4. The third kappa shape index (κ3) is 4.31. The molecule has 0 spiro atoms. The molecule has 0 atom stereocenters. The number of anilines is 3. The highest BCUT2D eigenvalue weighted by Gasteiger charge is 2.21. The number of benzene rings is 2. The highest BCUT2D eigenvalue weighted by molar-refractivity contribution is 5.94. The number of ether oxygens (including phenoxy) is 1. The van der Waals surface area contributed by atoms with E-state index in [0.29, 0.717) is 31.7 Å². The molecule has 29 heavy (non-hydrogen) atoms. The van der Waals surface area contributed by atoms with Gasteiger partial charge < -0.3 is 20.3 Å². The smallest absolute Gasteiger partial charge is 0.262 e. The van der Waals surface area contributed by atoms with Gasteiger partial charge >= 0.3 is 0 Å². The zero-order chi connectivity index (χ0) is 20.4. The van der Waals surface area contributed by atoms with E-state index in [-0.39, 0.29) is 23.9 Å². The van der Waals surface area contributed by atoms with Gasteiger partial charge in [-0.15, -0.1) is 0 Å². The second-order valence-corrected chi connectivity index (χ2v) is 7.19. The number of nitrogens with zero attached hydrogens (tertiary/aromatic N) is 1. The molecule has 2 heterocycles. The third-order valence-corrected chi connectivity index (χ3v) is 5.07. The second kappa shape index (κ2) is 8.06. The molecule has 2 amide bonds. The van der Waals surface area contributed by atoms with E-state index in [2.05, 4.69) is 10.6 Å². The first kappa shape index (κ1) is 19.2. The van der Waals surface area contributed by atoms with Crippen LogP contribution in [0.25, 0.3) is 0 Å². The van der Waals surface area contributed by atoms with E-state index in [1.165, 1.54) is 0 Å². The van der Waals surface area contributed by atoms with Crippen molar-refractivity contribution < 1.29 is 23.1 Å². The van der Waals surface area contributed by atoms with E-state index in [1.54, 1.807) is 23.1 Å². The lowest BCUT2D eigenvalue weighted by Gasteiger charge is -2.20. The molecule has 2 N–H and O–H groups in total. The molecular weight excluding hydrogens is 380 g/mol. The van der Waals surface area contributed by atoms with Crippen molar-refractivity contribution in [1.29, 1.82) is 0 Å². The van der Waals surface area contributed by atoms with Crippen molar-refractivity contribution in [1.82, 2.24) is 0 Å². The van der Waals surface area contributed by atoms with Crippen LogP contribution in [-0.2, 0) is 16.0 Å². The molecule has 2 aliphatic rings. The van der Waals surface area contributed by atoms with Crippen LogP contribution in [0.5, 0.6) is 5.75 Å². The largest absolute Gasteiger partial charge is 0.484 e. The first-order valence-electron chi connectivity index (χ1n) is 9.59. The molecule has 152 valence electrons. The van der Waals surface area contributed by atoms with Crippen LogP contribution in [0, 0.1) is 11.6 Å². The molecule has 6 nitrogen and oxygen atoms in total. The lowest BCUT2D eigenvalue weighted by molar-refractivity contribution is -0.118. The summed E-state index contributed by atoms with van der Waals surface area (Å²) >= 11 is 0.